The Bertz CT molecular complexity index is 833. The van der Waals surface area contributed by atoms with E-state index in [1.54, 1.807) is 12.1 Å². The van der Waals surface area contributed by atoms with Crippen LogP contribution in [0.1, 0.15) is 35.2 Å². The van der Waals surface area contributed by atoms with Crippen molar-refractivity contribution in [3.63, 3.8) is 0 Å². The summed E-state index contributed by atoms with van der Waals surface area (Å²) in [6.45, 7) is 0. The molecule has 21 heavy (non-hydrogen) atoms. The van der Waals surface area contributed by atoms with Gasteiger partial charge in [-0.25, -0.2) is 0 Å². The molecule has 4 heteroatoms. The van der Waals surface area contributed by atoms with Crippen molar-refractivity contribution in [2.75, 3.05) is 0 Å². The van der Waals surface area contributed by atoms with E-state index in [2.05, 4.69) is 11.1 Å². The van der Waals surface area contributed by atoms with Crippen LogP contribution in [0.25, 0.3) is 11.1 Å². The maximum absolute atomic E-state index is 12.1. The summed E-state index contributed by atoms with van der Waals surface area (Å²) in [7, 11) is 0. The minimum atomic E-state index is -0.322. The molecule has 102 valence electrons. The highest BCUT2D eigenvalue weighted by molar-refractivity contribution is 5.74. The second-order valence-corrected chi connectivity index (χ2v) is 5.17. The minimum absolute atomic E-state index is 0.167. The van der Waals surface area contributed by atoms with Crippen molar-refractivity contribution in [3.8, 4) is 23.3 Å². The third-order valence-electron chi connectivity index (χ3n) is 3.93. The summed E-state index contributed by atoms with van der Waals surface area (Å²) < 4.78 is 0. The van der Waals surface area contributed by atoms with E-state index < -0.39 is 0 Å². The van der Waals surface area contributed by atoms with Crippen LogP contribution in [0.15, 0.2) is 29.1 Å². The summed E-state index contributed by atoms with van der Waals surface area (Å²) in [5.74, 6) is 0. The predicted octanol–water partition coefficient (Wildman–Crippen LogP) is 2.66. The molecule has 0 fully saturated rings. The molecule has 1 N–H and O–H groups in total. The van der Waals surface area contributed by atoms with Gasteiger partial charge in [-0.2, -0.15) is 10.5 Å². The number of nitrogens with one attached hydrogen (secondary N) is 1. The van der Waals surface area contributed by atoms with Crippen LogP contribution in [0.5, 0.6) is 0 Å². The Morgan fingerprint density at radius 2 is 1.71 bits per heavy atom. The highest BCUT2D eigenvalue weighted by atomic mass is 16.1. The fraction of sp³-hybridized carbons (Fsp3) is 0.235. The molecule has 0 amide bonds. The van der Waals surface area contributed by atoms with E-state index in [9.17, 15) is 10.1 Å². The van der Waals surface area contributed by atoms with Crippen LogP contribution in [-0.4, -0.2) is 4.98 Å². The lowest BCUT2D eigenvalue weighted by atomic mass is 9.90. The van der Waals surface area contributed by atoms with E-state index in [4.69, 9.17) is 5.26 Å². The molecule has 1 aromatic carbocycles. The fourth-order valence-corrected chi connectivity index (χ4v) is 2.92. The van der Waals surface area contributed by atoms with Gasteiger partial charge in [0.25, 0.3) is 5.56 Å². The van der Waals surface area contributed by atoms with Gasteiger partial charge in [0.2, 0.25) is 0 Å². The van der Waals surface area contributed by atoms with E-state index in [0.717, 1.165) is 48.1 Å². The number of aromatic nitrogens is 1. The average Bonchev–Trinajstić information content (AvgIpc) is 2.53. The molecular formula is C17H13N3O. The smallest absolute Gasteiger partial charge is 0.266 e. The summed E-state index contributed by atoms with van der Waals surface area (Å²) in [4.78, 5) is 15.0. The Labute approximate surface area is 122 Å². The summed E-state index contributed by atoms with van der Waals surface area (Å²) in [5, 5.41) is 18.2. The molecule has 1 aromatic heterocycles. The SMILES string of the molecule is N#Cc1ccc(-c2c3c([nH]c(=O)[13c]2C#N)CCCC3)cc1. The summed E-state index contributed by atoms with van der Waals surface area (Å²) in [6, 6.07) is 11.2. The number of pyridine rings is 1. The molecule has 1 heterocycles. The van der Waals surface area contributed by atoms with Crippen LogP contribution < -0.4 is 5.56 Å². The molecule has 4 nitrogen and oxygen atoms in total. The van der Waals surface area contributed by atoms with Crippen LogP contribution in [0.2, 0.25) is 0 Å². The van der Waals surface area contributed by atoms with Crippen molar-refractivity contribution in [1.29, 1.82) is 10.5 Å². The van der Waals surface area contributed by atoms with E-state index in [1.807, 2.05) is 18.2 Å². The summed E-state index contributed by atoms with van der Waals surface area (Å²) in [5.41, 5.74) is 4.00. The van der Waals surface area contributed by atoms with Crippen molar-refractivity contribution in [2.45, 2.75) is 25.7 Å². The van der Waals surface area contributed by atoms with Crippen LogP contribution in [0, 0.1) is 22.7 Å². The molecule has 2 aromatic rings. The molecule has 3 rings (SSSR count). The maximum atomic E-state index is 12.1. The Morgan fingerprint density at radius 3 is 2.38 bits per heavy atom. The number of H-pyrrole nitrogens is 1. The van der Waals surface area contributed by atoms with Gasteiger partial charge in [-0.1, -0.05) is 12.1 Å². The topological polar surface area (TPSA) is 80.4 Å². The van der Waals surface area contributed by atoms with Gasteiger partial charge in [-0.15, -0.1) is 0 Å². The summed E-state index contributed by atoms with van der Waals surface area (Å²) in [6.07, 6.45) is 3.84. The molecule has 0 atom stereocenters. The van der Waals surface area contributed by atoms with Gasteiger partial charge in [0.05, 0.1) is 11.6 Å². The van der Waals surface area contributed by atoms with Crippen molar-refractivity contribution in [1.82, 2.24) is 4.98 Å². The molecule has 0 bridgehead atoms. The molecule has 0 aliphatic heterocycles. The molecule has 0 radical (unpaired) electrons. The van der Waals surface area contributed by atoms with Crippen molar-refractivity contribution in [2.24, 2.45) is 0 Å². The van der Waals surface area contributed by atoms with Crippen LogP contribution in [-0.2, 0) is 12.8 Å². The van der Waals surface area contributed by atoms with Gasteiger partial charge in [0.1, 0.15) is 11.6 Å². The monoisotopic (exact) mass is 276 g/mol. The third-order valence-corrected chi connectivity index (χ3v) is 3.93. The normalized spacial score (nSPS) is 13.0. The number of rotatable bonds is 1. The molecule has 1 aliphatic carbocycles. The van der Waals surface area contributed by atoms with E-state index in [0.29, 0.717) is 5.56 Å². The first kappa shape index (κ1) is 13.1. The minimum Gasteiger partial charge on any atom is -0.325 e. The van der Waals surface area contributed by atoms with Crippen LogP contribution >= 0.6 is 0 Å². The Morgan fingerprint density at radius 1 is 1.00 bits per heavy atom. The molecule has 1 aliphatic rings. The second-order valence-electron chi connectivity index (χ2n) is 5.17. The van der Waals surface area contributed by atoms with Crippen LogP contribution in [0.3, 0.4) is 0 Å². The predicted molar refractivity (Wildman–Crippen MR) is 78.6 cm³/mol. The molecule has 0 unspecified atom stereocenters. The lowest BCUT2D eigenvalue weighted by Crippen LogP contribution is -2.20. The first-order chi connectivity index (χ1) is 10.2. The molecular weight excluding hydrogens is 263 g/mol. The van der Waals surface area contributed by atoms with Crippen molar-refractivity contribution < 1.29 is 0 Å². The van der Waals surface area contributed by atoms with E-state index >= 15 is 0 Å². The lowest BCUT2D eigenvalue weighted by molar-refractivity contribution is 0.666. The fourth-order valence-electron chi connectivity index (χ4n) is 2.92. The van der Waals surface area contributed by atoms with Gasteiger partial charge >= 0.3 is 0 Å². The number of benzene rings is 1. The average molecular weight is 276 g/mol. The molecule has 0 saturated heterocycles. The van der Waals surface area contributed by atoms with Gasteiger partial charge in [0, 0.05) is 11.3 Å². The van der Waals surface area contributed by atoms with E-state index in [-0.39, 0.29) is 11.1 Å². The van der Waals surface area contributed by atoms with Gasteiger partial charge in [-0.3, -0.25) is 4.79 Å². The molecule has 0 saturated carbocycles. The number of nitrogens with zero attached hydrogens (tertiary/aromatic N) is 2. The zero-order valence-corrected chi connectivity index (χ0v) is 11.4. The first-order valence-corrected chi connectivity index (χ1v) is 6.93. The number of nitriles is 2. The highest BCUT2D eigenvalue weighted by Gasteiger charge is 2.20. The lowest BCUT2D eigenvalue weighted by Gasteiger charge is -2.20. The Kier molecular flexibility index (Phi) is 3.30. The maximum Gasteiger partial charge on any atom is 0.266 e. The third kappa shape index (κ3) is 2.22. The second kappa shape index (κ2) is 5.26. The van der Waals surface area contributed by atoms with Crippen molar-refractivity contribution in [3.05, 3.63) is 57.0 Å². The Balaban J connectivity index is 2.29. The quantitative estimate of drug-likeness (QED) is 0.869. The molecule has 0 spiro atoms. The number of hydrogen-bond acceptors (Lipinski definition) is 3. The Hall–Kier alpha value is -2.85. The number of hydrogen-bond donors (Lipinski definition) is 1. The van der Waals surface area contributed by atoms with E-state index in [1.165, 1.54) is 0 Å². The number of aromatic amines is 1. The largest absolute Gasteiger partial charge is 0.325 e. The van der Waals surface area contributed by atoms with Crippen molar-refractivity contribution >= 4 is 0 Å². The van der Waals surface area contributed by atoms with Gasteiger partial charge < -0.3 is 4.98 Å². The number of fused-ring (bicyclic) bond motifs is 1. The van der Waals surface area contributed by atoms with Crippen LogP contribution in [0.4, 0.5) is 0 Å². The zero-order valence-electron chi connectivity index (χ0n) is 11.4. The zero-order chi connectivity index (χ0) is 14.8. The first-order valence-electron chi connectivity index (χ1n) is 6.93. The summed E-state index contributed by atoms with van der Waals surface area (Å²) >= 11 is 0. The van der Waals surface area contributed by atoms with Gasteiger partial charge in [-0.05, 0) is 48.9 Å². The highest BCUT2D eigenvalue weighted by Crippen LogP contribution is 2.31. The number of aryl methyl sites for hydroxylation is 1. The van der Waals surface area contributed by atoms with Gasteiger partial charge in [0.15, 0.2) is 0 Å². The standard InChI is InChI=1S/C17H13N3O/c18-9-11-5-7-12(8-6-11)16-13-3-1-2-4-15(13)20-17(21)14(16)10-19/h5-8H,1-4H2,(H,20,21)/i14+1.